The molecule has 0 unspecified atom stereocenters. The number of nitrogens with two attached hydrogens (primary N) is 1. The maximum Gasteiger partial charge on any atom is 0.253 e. The molecule has 5 nitrogen and oxygen atoms in total. The lowest BCUT2D eigenvalue weighted by atomic mass is 10.1. The first-order valence-electron chi connectivity index (χ1n) is 6.56. The molecular weight excluding hydrogens is 264 g/mol. The molecule has 0 bridgehead atoms. The van der Waals surface area contributed by atoms with Gasteiger partial charge in [-0.1, -0.05) is 12.1 Å². The van der Waals surface area contributed by atoms with Gasteiger partial charge in [-0.25, -0.2) is 4.98 Å². The largest absolute Gasteiger partial charge is 0.384 e. The minimum Gasteiger partial charge on any atom is -0.384 e. The van der Waals surface area contributed by atoms with E-state index in [1.54, 1.807) is 24.4 Å². The predicted molar refractivity (Wildman–Crippen MR) is 81.6 cm³/mol. The van der Waals surface area contributed by atoms with Crippen molar-refractivity contribution in [2.24, 2.45) is 0 Å². The van der Waals surface area contributed by atoms with Crippen molar-refractivity contribution >= 4 is 22.6 Å². The van der Waals surface area contributed by atoms with Gasteiger partial charge in [0.15, 0.2) is 0 Å². The number of nitrogen functional groups attached to an aromatic ring is 1. The van der Waals surface area contributed by atoms with Crippen LogP contribution >= 0.6 is 0 Å². The topological polar surface area (TPSA) is 80.9 Å². The Labute approximate surface area is 121 Å². The third-order valence-electron chi connectivity index (χ3n) is 3.15. The van der Waals surface area contributed by atoms with Gasteiger partial charge in [0.1, 0.15) is 5.82 Å². The molecule has 0 spiro atoms. The van der Waals surface area contributed by atoms with Gasteiger partial charge in [0.2, 0.25) is 0 Å². The monoisotopic (exact) mass is 278 g/mol. The zero-order valence-electron chi connectivity index (χ0n) is 11.3. The molecule has 1 amide bonds. The number of benzene rings is 1. The van der Waals surface area contributed by atoms with Crippen LogP contribution in [0.2, 0.25) is 0 Å². The highest BCUT2D eigenvalue weighted by molar-refractivity contribution is 5.93. The van der Waals surface area contributed by atoms with Gasteiger partial charge in [0.05, 0.1) is 11.1 Å². The van der Waals surface area contributed by atoms with E-state index in [-0.39, 0.29) is 5.91 Å². The zero-order valence-corrected chi connectivity index (χ0v) is 11.3. The minimum atomic E-state index is -0.149. The van der Waals surface area contributed by atoms with Gasteiger partial charge in [-0.3, -0.25) is 9.78 Å². The fourth-order valence-electron chi connectivity index (χ4n) is 2.07. The molecule has 0 aliphatic heterocycles. The summed E-state index contributed by atoms with van der Waals surface area (Å²) in [6.45, 7) is 0.431. The number of nitrogens with one attached hydrogen (secondary N) is 1. The van der Waals surface area contributed by atoms with Crippen LogP contribution in [0.25, 0.3) is 10.9 Å². The van der Waals surface area contributed by atoms with Crippen LogP contribution in [-0.4, -0.2) is 15.9 Å². The Kier molecular flexibility index (Phi) is 3.47. The van der Waals surface area contributed by atoms with Crippen molar-refractivity contribution in [3.8, 4) is 0 Å². The fraction of sp³-hybridized carbons (Fsp3) is 0.0625. The van der Waals surface area contributed by atoms with Crippen molar-refractivity contribution in [1.29, 1.82) is 0 Å². The van der Waals surface area contributed by atoms with Gasteiger partial charge < -0.3 is 11.1 Å². The van der Waals surface area contributed by atoms with Gasteiger partial charge in [0.25, 0.3) is 5.91 Å². The van der Waals surface area contributed by atoms with Crippen molar-refractivity contribution in [1.82, 2.24) is 15.3 Å². The summed E-state index contributed by atoms with van der Waals surface area (Å²) in [6.07, 6.45) is 3.17. The summed E-state index contributed by atoms with van der Waals surface area (Å²) in [5.41, 5.74) is 8.02. The second-order valence-electron chi connectivity index (χ2n) is 4.69. The molecule has 0 saturated carbocycles. The smallest absolute Gasteiger partial charge is 0.253 e. The number of hydrogen-bond donors (Lipinski definition) is 2. The summed E-state index contributed by atoms with van der Waals surface area (Å²) >= 11 is 0. The average molecular weight is 278 g/mol. The molecule has 0 aliphatic rings. The molecule has 2 aromatic heterocycles. The summed E-state index contributed by atoms with van der Waals surface area (Å²) in [6, 6.07) is 13.0. The van der Waals surface area contributed by atoms with Gasteiger partial charge in [-0.15, -0.1) is 0 Å². The van der Waals surface area contributed by atoms with Crippen molar-refractivity contribution in [3.63, 3.8) is 0 Å². The number of rotatable bonds is 3. The minimum absolute atomic E-state index is 0.149. The summed E-state index contributed by atoms with van der Waals surface area (Å²) in [4.78, 5) is 20.2. The van der Waals surface area contributed by atoms with E-state index >= 15 is 0 Å². The number of anilines is 1. The molecule has 21 heavy (non-hydrogen) atoms. The van der Waals surface area contributed by atoms with E-state index in [1.165, 1.54) is 6.20 Å². The second-order valence-corrected chi connectivity index (χ2v) is 4.69. The Morgan fingerprint density at radius 2 is 2.05 bits per heavy atom. The molecule has 0 atom stereocenters. The molecule has 2 heterocycles. The molecule has 1 aromatic carbocycles. The van der Waals surface area contributed by atoms with E-state index in [2.05, 4.69) is 15.3 Å². The van der Waals surface area contributed by atoms with Crippen molar-refractivity contribution < 1.29 is 4.79 Å². The Morgan fingerprint density at radius 3 is 2.86 bits per heavy atom. The number of amides is 1. The number of fused-ring (bicyclic) bond motifs is 1. The van der Waals surface area contributed by atoms with E-state index < -0.39 is 0 Å². The van der Waals surface area contributed by atoms with E-state index in [9.17, 15) is 4.79 Å². The van der Waals surface area contributed by atoms with Crippen LogP contribution in [0.4, 0.5) is 5.82 Å². The maximum absolute atomic E-state index is 11.9. The van der Waals surface area contributed by atoms with Crippen LogP contribution < -0.4 is 11.1 Å². The first-order valence-corrected chi connectivity index (χ1v) is 6.56. The lowest BCUT2D eigenvalue weighted by Crippen LogP contribution is -2.22. The van der Waals surface area contributed by atoms with E-state index in [0.29, 0.717) is 17.9 Å². The number of hydrogen-bond acceptors (Lipinski definition) is 4. The molecule has 0 aliphatic carbocycles. The van der Waals surface area contributed by atoms with E-state index in [1.807, 2.05) is 24.3 Å². The van der Waals surface area contributed by atoms with Gasteiger partial charge >= 0.3 is 0 Å². The Hall–Kier alpha value is -2.95. The van der Waals surface area contributed by atoms with Crippen LogP contribution in [0.1, 0.15) is 15.9 Å². The summed E-state index contributed by atoms with van der Waals surface area (Å²) in [5.74, 6) is 0.336. The molecule has 3 aromatic rings. The molecular formula is C16H14N4O. The van der Waals surface area contributed by atoms with Crippen LogP contribution in [0.15, 0.2) is 54.9 Å². The highest BCUT2D eigenvalue weighted by Gasteiger charge is 2.05. The Balaban J connectivity index is 1.75. The quantitative estimate of drug-likeness (QED) is 0.769. The number of carbonyl (C=O) groups excluding carboxylic acids is 1. The molecule has 0 fully saturated rings. The number of pyridine rings is 2. The van der Waals surface area contributed by atoms with Gasteiger partial charge in [0, 0.05) is 24.3 Å². The van der Waals surface area contributed by atoms with Gasteiger partial charge in [-0.05, 0) is 35.9 Å². The molecule has 3 rings (SSSR count). The summed E-state index contributed by atoms with van der Waals surface area (Å²) < 4.78 is 0. The van der Waals surface area contributed by atoms with Crippen molar-refractivity contribution in [2.75, 3.05) is 5.73 Å². The maximum atomic E-state index is 11.9. The Morgan fingerprint density at radius 1 is 1.19 bits per heavy atom. The molecule has 5 heteroatoms. The Bertz CT molecular complexity index is 787. The van der Waals surface area contributed by atoms with Crippen LogP contribution in [0.5, 0.6) is 0 Å². The standard InChI is InChI=1S/C16H14N4O/c17-15-6-5-12-4-3-11(8-14(12)20-15)9-19-16(21)13-2-1-7-18-10-13/h1-8,10H,9H2,(H2,17,20)(H,19,21). The lowest BCUT2D eigenvalue weighted by molar-refractivity contribution is 0.0950. The molecule has 104 valence electrons. The fourth-order valence-corrected chi connectivity index (χ4v) is 2.07. The van der Waals surface area contributed by atoms with Crippen molar-refractivity contribution in [2.45, 2.75) is 6.54 Å². The molecule has 0 radical (unpaired) electrons. The molecule has 3 N–H and O–H groups in total. The SMILES string of the molecule is Nc1ccc2ccc(CNC(=O)c3cccnc3)cc2n1. The average Bonchev–Trinajstić information content (AvgIpc) is 2.53. The van der Waals surface area contributed by atoms with E-state index in [0.717, 1.165) is 16.5 Å². The summed E-state index contributed by atoms with van der Waals surface area (Å²) in [7, 11) is 0. The number of aromatic nitrogens is 2. The predicted octanol–water partition coefficient (Wildman–Crippen LogP) is 2.14. The highest BCUT2D eigenvalue weighted by atomic mass is 16.1. The first kappa shape index (κ1) is 13.1. The molecule has 0 saturated heterocycles. The van der Waals surface area contributed by atoms with E-state index in [4.69, 9.17) is 5.73 Å². The first-order chi connectivity index (χ1) is 10.2. The zero-order chi connectivity index (χ0) is 14.7. The van der Waals surface area contributed by atoms with Crippen molar-refractivity contribution in [3.05, 3.63) is 66.0 Å². The third-order valence-corrected chi connectivity index (χ3v) is 3.15. The third kappa shape index (κ3) is 2.97. The number of nitrogens with zero attached hydrogens (tertiary/aromatic N) is 2. The summed E-state index contributed by atoms with van der Waals surface area (Å²) in [5, 5.41) is 3.88. The highest BCUT2D eigenvalue weighted by Crippen LogP contribution is 2.15. The number of carbonyl (C=O) groups is 1. The second kappa shape index (κ2) is 5.58. The van der Waals surface area contributed by atoms with Crippen LogP contribution in [0.3, 0.4) is 0 Å². The van der Waals surface area contributed by atoms with Gasteiger partial charge in [-0.2, -0.15) is 0 Å². The lowest BCUT2D eigenvalue weighted by Gasteiger charge is -2.06. The van der Waals surface area contributed by atoms with Crippen LogP contribution in [0, 0.1) is 0 Å². The van der Waals surface area contributed by atoms with Crippen LogP contribution in [-0.2, 0) is 6.54 Å². The normalized spacial score (nSPS) is 10.5.